The van der Waals surface area contributed by atoms with Crippen LogP contribution >= 0.6 is 0 Å². The Hall–Kier alpha value is -3.49. The third kappa shape index (κ3) is 4.65. The Kier molecular flexibility index (Phi) is 8.07. The third-order valence-corrected chi connectivity index (χ3v) is 9.06. The Balaban J connectivity index is 0.00000353. The number of carbonyl (C=O) groups is 1. The van der Waals surface area contributed by atoms with Gasteiger partial charge in [-0.25, -0.2) is 9.98 Å². The first kappa shape index (κ1) is 30.0. The minimum absolute atomic E-state index is 0. The van der Waals surface area contributed by atoms with Gasteiger partial charge >= 0.3 is 23.1 Å². The summed E-state index contributed by atoms with van der Waals surface area (Å²) in [6.07, 6.45) is 9.84. The van der Waals surface area contributed by atoms with Gasteiger partial charge in [-0.2, -0.15) is 0 Å². The van der Waals surface area contributed by atoms with Gasteiger partial charge in [0.15, 0.2) is 0 Å². The number of allylic oxidation sites excluding steroid dienone is 7. The van der Waals surface area contributed by atoms with E-state index in [0.717, 1.165) is 79.8 Å². The van der Waals surface area contributed by atoms with Gasteiger partial charge in [-0.15, -0.1) is 16.8 Å². The van der Waals surface area contributed by atoms with Crippen molar-refractivity contribution >= 4 is 63.6 Å². The molecular weight excluding hydrogens is 537 g/mol. The van der Waals surface area contributed by atoms with E-state index in [4.69, 9.17) is 20.0 Å². The number of carbonyl (C=O) groups excluding carboxylic acids is 1. The Labute approximate surface area is 262 Å². The molecule has 4 aliphatic heterocycles. The van der Waals surface area contributed by atoms with Gasteiger partial charge in [0.25, 0.3) is 0 Å². The number of hydrogen-bond acceptors (Lipinski definition) is 6. The molecule has 0 radical (unpaired) electrons. The first-order valence-electron chi connectivity index (χ1n) is 14.4. The van der Waals surface area contributed by atoms with Gasteiger partial charge < -0.3 is 20.0 Å². The summed E-state index contributed by atoms with van der Waals surface area (Å²) >= 11 is 0. The largest absolute Gasteiger partial charge is 2.00 e. The van der Waals surface area contributed by atoms with Crippen LogP contribution in [-0.2, 0) is 11.2 Å². The van der Waals surface area contributed by atoms with Crippen LogP contribution in [0.3, 0.4) is 0 Å². The molecule has 1 aliphatic carbocycles. The molecule has 0 spiro atoms. The molecule has 8 heteroatoms. The van der Waals surface area contributed by atoms with Gasteiger partial charge in [0.05, 0.1) is 22.8 Å². The number of aromatic nitrogens is 1. The fraction of sp³-hybridized carbons (Fsp3) is 0.353. The van der Waals surface area contributed by atoms with Crippen LogP contribution in [0.4, 0.5) is 0 Å². The van der Waals surface area contributed by atoms with Crippen LogP contribution in [0, 0.1) is 11.8 Å². The monoisotopic (exact) mass is 569 g/mol. The summed E-state index contributed by atoms with van der Waals surface area (Å²) in [5.41, 5.74) is 11.6. The summed E-state index contributed by atoms with van der Waals surface area (Å²) in [6.45, 7) is 14.4. The summed E-state index contributed by atoms with van der Waals surface area (Å²) in [5, 5.41) is 26.3. The molecule has 6 rings (SSSR count). The van der Waals surface area contributed by atoms with E-state index in [0.29, 0.717) is 23.4 Å². The zero-order chi connectivity index (χ0) is 29.2. The van der Waals surface area contributed by atoms with Crippen molar-refractivity contribution in [3.05, 3.63) is 86.0 Å². The molecule has 8 bridgehead atoms. The minimum Gasteiger partial charge on any atom is -0.875 e. The number of nitrogens with zero attached hydrogens (tertiary/aromatic N) is 4. The van der Waals surface area contributed by atoms with Crippen LogP contribution < -0.4 is 25.8 Å². The van der Waals surface area contributed by atoms with Crippen LogP contribution in [0.2, 0.25) is 0 Å². The maximum Gasteiger partial charge on any atom is 2.00 e. The van der Waals surface area contributed by atoms with Crippen molar-refractivity contribution < 1.29 is 15.0 Å². The van der Waals surface area contributed by atoms with Crippen LogP contribution in [0.5, 0.6) is 0 Å². The fourth-order valence-electron chi connectivity index (χ4n) is 6.78. The summed E-state index contributed by atoms with van der Waals surface area (Å²) < 4.78 is 0. The van der Waals surface area contributed by atoms with Crippen LogP contribution in [0.25, 0.3) is 17.4 Å². The van der Waals surface area contributed by atoms with Crippen molar-refractivity contribution in [2.24, 2.45) is 26.8 Å². The molecular formula is C34H33MgN4O3-. The maximum atomic E-state index is 13.5. The Morgan fingerprint density at radius 2 is 1.79 bits per heavy atom. The molecule has 2 atom stereocenters. The number of aliphatic imine (C=N–C) groups is 3. The molecule has 5 heterocycles. The van der Waals surface area contributed by atoms with Crippen molar-refractivity contribution in [2.45, 2.75) is 66.7 Å². The molecule has 0 amide bonds. The number of fused-ring (bicyclic) bond motifs is 5. The van der Waals surface area contributed by atoms with E-state index in [-0.39, 0.29) is 53.5 Å². The van der Waals surface area contributed by atoms with Gasteiger partial charge in [-0.3, -0.25) is 4.99 Å². The number of hydrogen-bond donors (Lipinski definition) is 0. The molecule has 0 N–H and O–H groups in total. The molecule has 210 valence electrons. The van der Waals surface area contributed by atoms with E-state index in [1.165, 1.54) is 0 Å². The number of aliphatic carboxylic acids is 1. The Morgan fingerprint density at radius 1 is 1.07 bits per heavy atom. The molecule has 7 nitrogen and oxygen atoms in total. The van der Waals surface area contributed by atoms with E-state index in [2.05, 4.69) is 27.4 Å². The summed E-state index contributed by atoms with van der Waals surface area (Å²) in [4.78, 5) is 31.6. The first-order valence-corrected chi connectivity index (χ1v) is 14.4. The molecule has 42 heavy (non-hydrogen) atoms. The van der Waals surface area contributed by atoms with Crippen molar-refractivity contribution in [3.63, 3.8) is 0 Å². The number of carboxylic acids is 1. The summed E-state index contributed by atoms with van der Waals surface area (Å²) in [6, 6.07) is 0. The van der Waals surface area contributed by atoms with Gasteiger partial charge in [-0.1, -0.05) is 45.1 Å². The fourth-order valence-corrected chi connectivity index (χ4v) is 6.78. The Bertz CT molecular complexity index is 1820. The average molecular weight is 570 g/mol. The minimum atomic E-state index is -1.09. The second kappa shape index (κ2) is 11.3. The zero-order valence-electron chi connectivity index (χ0n) is 24.9. The van der Waals surface area contributed by atoms with Crippen molar-refractivity contribution in [1.29, 1.82) is 0 Å². The smallest absolute Gasteiger partial charge is 0.875 e. The topological polar surface area (TPSA) is 114 Å². The van der Waals surface area contributed by atoms with Crippen LogP contribution in [0.1, 0.15) is 71.6 Å². The predicted molar refractivity (Wildman–Crippen MR) is 165 cm³/mol. The van der Waals surface area contributed by atoms with E-state index < -0.39 is 5.97 Å². The standard InChI is InChI=1S/C34H36N4O3.Mg/c1-7-19-16(4)24-13-26-18(6)22(10-11-31(40)41)33(37-26)23-12-30(39)32-21(9-3)29(38-34(23)32)15-28-20(8-2)17(5)25(36-28)14-27(19)35-24;/h7,13-15,18,22H,1,8-12H2,2-6H3,(H3,35,36,37,38,39,40,41);/q;+2/p-3/t18-,22-;/m0./s1. The molecule has 0 unspecified atom stereocenters. The van der Waals surface area contributed by atoms with E-state index in [1.807, 2.05) is 38.2 Å². The first-order chi connectivity index (χ1) is 19.7. The number of rotatable bonds is 6. The third-order valence-electron chi connectivity index (χ3n) is 9.06. The van der Waals surface area contributed by atoms with Gasteiger partial charge in [-0.05, 0) is 85.6 Å². The van der Waals surface area contributed by atoms with Crippen LogP contribution in [0.15, 0.2) is 79.2 Å². The van der Waals surface area contributed by atoms with E-state index in [1.54, 1.807) is 0 Å². The normalized spacial score (nSPS) is 22.5. The molecule has 1 aromatic heterocycles. The molecule has 5 aliphatic rings. The second-order valence-electron chi connectivity index (χ2n) is 11.3. The van der Waals surface area contributed by atoms with Gasteiger partial charge in [0.2, 0.25) is 0 Å². The predicted octanol–water partition coefficient (Wildman–Crippen LogP) is 2.35. The number of carboxylic acid groups (broad SMARTS) is 1. The van der Waals surface area contributed by atoms with Crippen molar-refractivity contribution in [3.8, 4) is 0 Å². The van der Waals surface area contributed by atoms with Crippen LogP contribution in [-0.4, -0.2) is 46.2 Å². The van der Waals surface area contributed by atoms with Crippen molar-refractivity contribution in [1.82, 2.24) is 4.98 Å². The zero-order valence-corrected chi connectivity index (χ0v) is 26.3. The Morgan fingerprint density at radius 3 is 2.45 bits per heavy atom. The summed E-state index contributed by atoms with van der Waals surface area (Å²) in [5.74, 6) is -1.30. The van der Waals surface area contributed by atoms with Crippen molar-refractivity contribution in [2.75, 3.05) is 0 Å². The molecule has 1 aromatic rings. The second-order valence-corrected chi connectivity index (χ2v) is 11.3. The van der Waals surface area contributed by atoms with E-state index >= 15 is 0 Å². The quantitative estimate of drug-likeness (QED) is 0.489. The average Bonchev–Trinajstić information content (AvgIpc) is 3.69. The van der Waals surface area contributed by atoms with Gasteiger partial charge in [0.1, 0.15) is 0 Å². The molecule has 0 saturated carbocycles. The summed E-state index contributed by atoms with van der Waals surface area (Å²) in [7, 11) is 0. The maximum absolute atomic E-state index is 13.5. The van der Waals surface area contributed by atoms with E-state index in [9.17, 15) is 15.0 Å². The SMILES string of the molecule is C=CC1=C(C)C2=NC1=CC1=NC(=Cc3[n-]c4c(c3CC)=C([O-])CC=4C3=NC(=C2)[C@@H](C)[C@@H]3CCC(=O)[O-])C(CC)=C1C.[Mg+2]. The molecule has 0 aromatic carbocycles. The van der Waals surface area contributed by atoms with Gasteiger partial charge in [0, 0.05) is 34.8 Å². The molecule has 0 saturated heterocycles. The molecule has 0 fully saturated rings.